The molecule has 4 rings (SSSR count). The summed E-state index contributed by atoms with van der Waals surface area (Å²) < 4.78 is 0. The van der Waals surface area contributed by atoms with Gasteiger partial charge in [-0.25, -0.2) is 0 Å². The first-order valence-corrected chi connectivity index (χ1v) is 9.20. The number of rotatable bonds is 3. The maximum atomic E-state index is 12.6. The first-order chi connectivity index (χ1) is 12.1. The second kappa shape index (κ2) is 6.64. The van der Waals surface area contributed by atoms with E-state index in [1.54, 1.807) is 12.4 Å². The SMILES string of the molecule is Cc1cccc(CN2CCCC3(CCN(C(=O)c4cn[nH]c4)C3)C2)c1. The summed E-state index contributed by atoms with van der Waals surface area (Å²) in [5.74, 6) is 0.112. The van der Waals surface area contributed by atoms with Crippen molar-refractivity contribution >= 4 is 5.91 Å². The first-order valence-electron chi connectivity index (χ1n) is 9.20. The fraction of sp³-hybridized carbons (Fsp3) is 0.500. The van der Waals surface area contributed by atoms with Crippen LogP contribution in [-0.4, -0.2) is 52.1 Å². The van der Waals surface area contributed by atoms with Crippen LogP contribution in [0, 0.1) is 12.3 Å². The number of benzene rings is 1. The highest BCUT2D eigenvalue weighted by Gasteiger charge is 2.42. The maximum Gasteiger partial charge on any atom is 0.257 e. The highest BCUT2D eigenvalue weighted by molar-refractivity contribution is 5.93. The lowest BCUT2D eigenvalue weighted by molar-refractivity contribution is 0.0675. The van der Waals surface area contributed by atoms with Gasteiger partial charge in [0.1, 0.15) is 0 Å². The topological polar surface area (TPSA) is 52.2 Å². The molecule has 0 saturated carbocycles. The second-order valence-corrected chi connectivity index (χ2v) is 7.77. The van der Waals surface area contributed by atoms with Crippen molar-refractivity contribution in [2.24, 2.45) is 5.41 Å². The number of H-pyrrole nitrogens is 1. The number of aromatic nitrogens is 2. The van der Waals surface area contributed by atoms with E-state index in [1.807, 2.05) is 4.90 Å². The van der Waals surface area contributed by atoms with Crippen LogP contribution in [0.4, 0.5) is 0 Å². The van der Waals surface area contributed by atoms with Gasteiger partial charge < -0.3 is 4.90 Å². The van der Waals surface area contributed by atoms with Crippen molar-refractivity contribution in [1.29, 1.82) is 0 Å². The van der Waals surface area contributed by atoms with E-state index in [9.17, 15) is 4.79 Å². The van der Waals surface area contributed by atoms with Gasteiger partial charge in [0.05, 0.1) is 11.8 Å². The second-order valence-electron chi connectivity index (χ2n) is 7.77. The Hall–Kier alpha value is -2.14. The molecule has 1 amide bonds. The quantitative estimate of drug-likeness (QED) is 0.936. The largest absolute Gasteiger partial charge is 0.338 e. The molecule has 132 valence electrons. The van der Waals surface area contributed by atoms with Gasteiger partial charge in [0.15, 0.2) is 0 Å². The fourth-order valence-corrected chi connectivity index (χ4v) is 4.51. The van der Waals surface area contributed by atoms with Crippen LogP contribution in [0.25, 0.3) is 0 Å². The van der Waals surface area contributed by atoms with Crippen LogP contribution < -0.4 is 0 Å². The monoisotopic (exact) mass is 338 g/mol. The summed E-state index contributed by atoms with van der Waals surface area (Å²) in [5.41, 5.74) is 3.65. The molecular formula is C20H26N4O. The Morgan fingerprint density at radius 2 is 2.20 bits per heavy atom. The molecule has 1 unspecified atom stereocenters. The van der Waals surface area contributed by atoms with Crippen LogP contribution in [0.5, 0.6) is 0 Å². The van der Waals surface area contributed by atoms with Gasteiger partial charge >= 0.3 is 0 Å². The number of aromatic amines is 1. The van der Waals surface area contributed by atoms with Gasteiger partial charge in [-0.1, -0.05) is 29.8 Å². The molecule has 1 aromatic heterocycles. The van der Waals surface area contributed by atoms with E-state index in [-0.39, 0.29) is 11.3 Å². The van der Waals surface area contributed by atoms with E-state index in [2.05, 4.69) is 46.3 Å². The number of hydrogen-bond acceptors (Lipinski definition) is 3. The summed E-state index contributed by atoms with van der Waals surface area (Å²) in [6.45, 7) is 7.15. The van der Waals surface area contributed by atoms with E-state index in [4.69, 9.17) is 0 Å². The van der Waals surface area contributed by atoms with Crippen molar-refractivity contribution in [2.45, 2.75) is 32.7 Å². The molecule has 1 N–H and O–H groups in total. The van der Waals surface area contributed by atoms with Crippen molar-refractivity contribution in [1.82, 2.24) is 20.0 Å². The van der Waals surface area contributed by atoms with Crippen molar-refractivity contribution in [2.75, 3.05) is 26.2 Å². The van der Waals surface area contributed by atoms with Crippen LogP contribution in [-0.2, 0) is 6.54 Å². The normalized spacial score (nSPS) is 24.1. The Morgan fingerprint density at radius 3 is 3.00 bits per heavy atom. The van der Waals surface area contributed by atoms with Crippen LogP contribution in [0.1, 0.15) is 40.7 Å². The highest BCUT2D eigenvalue weighted by atomic mass is 16.2. The number of nitrogens with zero attached hydrogens (tertiary/aromatic N) is 3. The van der Waals surface area contributed by atoms with Crippen LogP contribution >= 0.6 is 0 Å². The Bertz CT molecular complexity index is 742. The number of aryl methyl sites for hydroxylation is 1. The standard InChI is InChI=1S/C20H26N4O/c1-16-4-2-5-17(10-16)13-23-8-3-6-20(14-23)7-9-24(15-20)19(25)18-11-21-22-12-18/h2,4-5,10-12H,3,6-9,13-15H2,1H3,(H,21,22). The third-order valence-electron chi connectivity index (χ3n) is 5.70. The predicted octanol–water partition coefficient (Wildman–Crippen LogP) is 2.85. The summed E-state index contributed by atoms with van der Waals surface area (Å²) in [5, 5.41) is 6.64. The lowest BCUT2D eigenvalue weighted by Gasteiger charge is -2.40. The Labute approximate surface area is 149 Å². The molecule has 2 fully saturated rings. The molecule has 25 heavy (non-hydrogen) atoms. The van der Waals surface area contributed by atoms with Crippen molar-refractivity contribution in [3.05, 3.63) is 53.3 Å². The fourth-order valence-electron chi connectivity index (χ4n) is 4.51. The molecule has 0 bridgehead atoms. The Balaban J connectivity index is 1.41. The van der Waals surface area contributed by atoms with E-state index in [0.29, 0.717) is 5.56 Å². The summed E-state index contributed by atoms with van der Waals surface area (Å²) in [4.78, 5) is 17.2. The maximum absolute atomic E-state index is 12.6. The third kappa shape index (κ3) is 3.47. The molecule has 2 saturated heterocycles. The average molecular weight is 338 g/mol. The highest BCUT2D eigenvalue weighted by Crippen LogP contribution is 2.39. The molecule has 1 atom stereocenters. The number of carbonyl (C=O) groups is 1. The van der Waals surface area contributed by atoms with Crippen molar-refractivity contribution in [3.8, 4) is 0 Å². The van der Waals surface area contributed by atoms with Crippen molar-refractivity contribution < 1.29 is 4.79 Å². The van der Waals surface area contributed by atoms with Gasteiger partial charge in [0.2, 0.25) is 0 Å². The van der Waals surface area contributed by atoms with Gasteiger partial charge in [-0.3, -0.25) is 14.8 Å². The van der Waals surface area contributed by atoms with Crippen molar-refractivity contribution in [3.63, 3.8) is 0 Å². The van der Waals surface area contributed by atoms with Gasteiger partial charge in [0, 0.05) is 37.8 Å². The number of nitrogens with one attached hydrogen (secondary N) is 1. The number of carbonyl (C=O) groups excluding carboxylic acids is 1. The zero-order valence-electron chi connectivity index (χ0n) is 14.9. The zero-order valence-corrected chi connectivity index (χ0v) is 14.9. The van der Waals surface area contributed by atoms with Gasteiger partial charge in [-0.2, -0.15) is 5.10 Å². The average Bonchev–Trinajstić information content (AvgIpc) is 3.25. The molecule has 2 aliphatic heterocycles. The summed E-state index contributed by atoms with van der Waals surface area (Å²) >= 11 is 0. The molecule has 5 nitrogen and oxygen atoms in total. The van der Waals surface area contributed by atoms with E-state index >= 15 is 0 Å². The Kier molecular flexibility index (Phi) is 4.34. The zero-order chi connectivity index (χ0) is 17.3. The lowest BCUT2D eigenvalue weighted by atomic mass is 9.79. The molecule has 0 aliphatic carbocycles. The predicted molar refractivity (Wildman–Crippen MR) is 97.2 cm³/mol. The third-order valence-corrected chi connectivity index (χ3v) is 5.70. The molecule has 1 spiro atoms. The van der Waals surface area contributed by atoms with Crippen LogP contribution in [0.15, 0.2) is 36.7 Å². The van der Waals surface area contributed by atoms with Crippen LogP contribution in [0.2, 0.25) is 0 Å². The smallest absolute Gasteiger partial charge is 0.257 e. The number of piperidine rings is 1. The first kappa shape index (κ1) is 16.3. The summed E-state index contributed by atoms with van der Waals surface area (Å²) in [7, 11) is 0. The van der Waals surface area contributed by atoms with Gasteiger partial charge in [0.25, 0.3) is 5.91 Å². The van der Waals surface area contributed by atoms with Crippen LogP contribution in [0.3, 0.4) is 0 Å². The van der Waals surface area contributed by atoms with E-state index in [1.165, 1.54) is 24.0 Å². The molecular weight excluding hydrogens is 312 g/mol. The minimum atomic E-state index is 0.112. The minimum absolute atomic E-state index is 0.112. The molecule has 3 heterocycles. The number of hydrogen-bond donors (Lipinski definition) is 1. The summed E-state index contributed by atoms with van der Waals surface area (Å²) in [6.07, 6.45) is 6.88. The Morgan fingerprint density at radius 1 is 1.28 bits per heavy atom. The van der Waals surface area contributed by atoms with E-state index in [0.717, 1.165) is 39.1 Å². The van der Waals surface area contributed by atoms with Gasteiger partial charge in [-0.15, -0.1) is 0 Å². The number of likely N-dealkylation sites (tertiary alicyclic amines) is 2. The van der Waals surface area contributed by atoms with E-state index < -0.39 is 0 Å². The molecule has 0 radical (unpaired) electrons. The minimum Gasteiger partial charge on any atom is -0.338 e. The van der Waals surface area contributed by atoms with Gasteiger partial charge in [-0.05, 0) is 38.3 Å². The number of amides is 1. The molecule has 2 aromatic rings. The molecule has 2 aliphatic rings. The lowest BCUT2D eigenvalue weighted by Crippen LogP contribution is -2.45. The summed E-state index contributed by atoms with van der Waals surface area (Å²) in [6, 6.07) is 8.80. The molecule has 5 heteroatoms. The molecule has 1 aromatic carbocycles.